The Kier molecular flexibility index (Phi) is 4.40. The van der Waals surface area contributed by atoms with E-state index in [0.29, 0.717) is 28.7 Å². The van der Waals surface area contributed by atoms with Crippen LogP contribution in [0.4, 0.5) is 5.13 Å². The second-order valence-corrected chi connectivity index (χ2v) is 8.11. The second-order valence-electron chi connectivity index (χ2n) is 5.77. The monoisotopic (exact) mass is 386 g/mol. The smallest absolute Gasteiger partial charge is 0.235 e. The van der Waals surface area contributed by atoms with Gasteiger partial charge in [-0.1, -0.05) is 0 Å². The maximum atomic E-state index is 12.3. The number of hydrogen-bond acceptors (Lipinski definition) is 5. The third kappa shape index (κ3) is 2.94. The fraction of sp³-hybridized carbons (Fsp3) is 0.375. The van der Waals surface area contributed by atoms with Crippen LogP contribution >= 0.6 is 34.5 Å². The van der Waals surface area contributed by atoms with E-state index in [1.165, 1.54) is 11.3 Å². The first-order valence-corrected chi connectivity index (χ1v) is 8.81. The summed E-state index contributed by atoms with van der Waals surface area (Å²) in [6.07, 6.45) is 0.427. The standard InChI is InChI=1S/C16H16Cl2N2O3S/c1-15(8-16(15,17)18)13(21)20-14-19-11(7-24-14)10-6-9(22-2)4-5-12(10)23-3/h4-7H,8H2,1-3H3,(H,19,20,21). The quantitative estimate of drug-likeness (QED) is 0.775. The Bertz CT molecular complexity index is 793. The zero-order valence-corrected chi connectivity index (χ0v) is 15.7. The molecule has 1 aromatic heterocycles. The fourth-order valence-electron chi connectivity index (χ4n) is 2.35. The summed E-state index contributed by atoms with van der Waals surface area (Å²) >= 11 is 13.4. The number of rotatable bonds is 5. The Labute approximate surface area is 153 Å². The zero-order valence-electron chi connectivity index (χ0n) is 13.4. The zero-order chi connectivity index (χ0) is 17.5. The molecule has 1 unspecified atom stereocenters. The van der Waals surface area contributed by atoms with Gasteiger partial charge in [0.2, 0.25) is 5.91 Å². The summed E-state index contributed by atoms with van der Waals surface area (Å²) in [5.41, 5.74) is 0.695. The summed E-state index contributed by atoms with van der Waals surface area (Å²) in [7, 11) is 3.19. The summed E-state index contributed by atoms with van der Waals surface area (Å²) in [5.74, 6) is 1.14. The van der Waals surface area contributed by atoms with Crippen LogP contribution in [0.3, 0.4) is 0 Å². The molecule has 1 aliphatic rings. The predicted octanol–water partition coefficient (Wildman–Crippen LogP) is 4.35. The van der Waals surface area contributed by atoms with Crippen molar-refractivity contribution in [3.8, 4) is 22.8 Å². The van der Waals surface area contributed by atoms with Crippen molar-refractivity contribution < 1.29 is 14.3 Å². The van der Waals surface area contributed by atoms with Gasteiger partial charge in [-0.15, -0.1) is 34.5 Å². The minimum atomic E-state index is -1.01. The van der Waals surface area contributed by atoms with Crippen molar-refractivity contribution in [2.45, 2.75) is 17.7 Å². The number of carbonyl (C=O) groups excluding carboxylic acids is 1. The molecule has 0 aliphatic heterocycles. The van der Waals surface area contributed by atoms with E-state index < -0.39 is 9.75 Å². The molecule has 1 atom stereocenters. The van der Waals surface area contributed by atoms with Crippen LogP contribution in [0.1, 0.15) is 13.3 Å². The Morgan fingerprint density at radius 3 is 2.62 bits per heavy atom. The van der Waals surface area contributed by atoms with Gasteiger partial charge >= 0.3 is 0 Å². The van der Waals surface area contributed by atoms with Crippen LogP contribution in [0.25, 0.3) is 11.3 Å². The van der Waals surface area contributed by atoms with Crippen molar-refractivity contribution in [2.24, 2.45) is 5.41 Å². The Hall–Kier alpha value is -1.50. The lowest BCUT2D eigenvalue weighted by Gasteiger charge is -2.10. The van der Waals surface area contributed by atoms with Gasteiger partial charge in [0, 0.05) is 10.9 Å². The van der Waals surface area contributed by atoms with Crippen molar-refractivity contribution >= 4 is 45.6 Å². The highest BCUT2D eigenvalue weighted by molar-refractivity contribution is 7.14. The number of anilines is 1. The molecule has 2 aromatic rings. The van der Waals surface area contributed by atoms with E-state index in [1.807, 2.05) is 23.6 Å². The van der Waals surface area contributed by atoms with Crippen LogP contribution in [0.5, 0.6) is 11.5 Å². The molecule has 1 N–H and O–H groups in total. The molecule has 0 spiro atoms. The van der Waals surface area contributed by atoms with Crippen LogP contribution in [-0.4, -0.2) is 29.4 Å². The number of benzene rings is 1. The van der Waals surface area contributed by atoms with Gasteiger partial charge < -0.3 is 14.8 Å². The lowest BCUT2D eigenvalue weighted by atomic mass is 10.1. The van der Waals surface area contributed by atoms with E-state index in [1.54, 1.807) is 21.1 Å². The number of ether oxygens (including phenoxy) is 2. The molecule has 1 saturated carbocycles. The van der Waals surface area contributed by atoms with Gasteiger partial charge in [0.25, 0.3) is 0 Å². The van der Waals surface area contributed by atoms with E-state index in [9.17, 15) is 4.79 Å². The number of nitrogens with zero attached hydrogens (tertiary/aromatic N) is 1. The summed E-state index contributed by atoms with van der Waals surface area (Å²) < 4.78 is 9.61. The van der Waals surface area contributed by atoms with Gasteiger partial charge in [-0.05, 0) is 31.5 Å². The normalized spacial score (nSPS) is 21.2. The van der Waals surface area contributed by atoms with E-state index in [4.69, 9.17) is 32.7 Å². The number of alkyl halides is 2. The summed E-state index contributed by atoms with van der Waals surface area (Å²) in [5, 5.41) is 5.11. The number of amides is 1. The third-order valence-corrected chi connectivity index (χ3v) is 6.03. The maximum absolute atomic E-state index is 12.3. The molecule has 128 valence electrons. The number of halogens is 2. The van der Waals surface area contributed by atoms with Crippen LogP contribution < -0.4 is 14.8 Å². The summed E-state index contributed by atoms with van der Waals surface area (Å²) in [4.78, 5) is 16.8. The van der Waals surface area contributed by atoms with Crippen molar-refractivity contribution in [1.29, 1.82) is 0 Å². The lowest BCUT2D eigenvalue weighted by Crippen LogP contribution is -2.25. The number of nitrogens with one attached hydrogen (secondary N) is 1. The number of carbonyl (C=O) groups is 1. The molecule has 3 rings (SSSR count). The van der Waals surface area contributed by atoms with Gasteiger partial charge in [0.15, 0.2) is 5.13 Å². The Morgan fingerprint density at radius 1 is 1.33 bits per heavy atom. The minimum absolute atomic E-state index is 0.231. The first-order valence-electron chi connectivity index (χ1n) is 7.18. The van der Waals surface area contributed by atoms with Crippen LogP contribution in [0, 0.1) is 5.41 Å². The third-order valence-electron chi connectivity index (χ3n) is 4.17. The number of aromatic nitrogens is 1. The molecule has 1 fully saturated rings. The number of thiazole rings is 1. The van der Waals surface area contributed by atoms with Crippen molar-refractivity contribution in [3.05, 3.63) is 23.6 Å². The first-order chi connectivity index (χ1) is 11.3. The molecule has 5 nitrogen and oxygen atoms in total. The topological polar surface area (TPSA) is 60.5 Å². The van der Waals surface area contributed by atoms with Crippen LogP contribution in [-0.2, 0) is 4.79 Å². The van der Waals surface area contributed by atoms with Gasteiger partial charge in [0.05, 0.1) is 25.3 Å². The van der Waals surface area contributed by atoms with Crippen LogP contribution in [0.2, 0.25) is 0 Å². The average Bonchev–Trinajstić information content (AvgIpc) is 2.89. The summed E-state index contributed by atoms with van der Waals surface area (Å²) in [6.45, 7) is 1.74. The summed E-state index contributed by atoms with van der Waals surface area (Å²) in [6, 6.07) is 5.46. The SMILES string of the molecule is COc1ccc(OC)c(-c2csc(NC(=O)C3(C)CC3(Cl)Cl)n2)c1. The van der Waals surface area contributed by atoms with Crippen molar-refractivity contribution in [2.75, 3.05) is 19.5 Å². The van der Waals surface area contributed by atoms with Gasteiger partial charge in [-0.25, -0.2) is 4.98 Å². The molecule has 1 heterocycles. The molecule has 1 aromatic carbocycles. The van der Waals surface area contributed by atoms with Gasteiger partial charge in [-0.2, -0.15) is 0 Å². The first kappa shape index (κ1) is 17.3. The van der Waals surface area contributed by atoms with Crippen molar-refractivity contribution in [1.82, 2.24) is 4.98 Å². The molecular formula is C16H16Cl2N2O3S. The van der Waals surface area contributed by atoms with Crippen LogP contribution in [0.15, 0.2) is 23.6 Å². The lowest BCUT2D eigenvalue weighted by molar-refractivity contribution is -0.120. The average molecular weight is 387 g/mol. The molecule has 8 heteroatoms. The Balaban J connectivity index is 1.83. The largest absolute Gasteiger partial charge is 0.497 e. The van der Waals surface area contributed by atoms with E-state index in [2.05, 4.69) is 10.3 Å². The van der Waals surface area contributed by atoms with Crippen molar-refractivity contribution in [3.63, 3.8) is 0 Å². The highest BCUT2D eigenvalue weighted by atomic mass is 35.5. The highest BCUT2D eigenvalue weighted by Gasteiger charge is 2.68. The molecule has 24 heavy (non-hydrogen) atoms. The van der Waals surface area contributed by atoms with E-state index >= 15 is 0 Å². The fourth-order valence-corrected chi connectivity index (χ4v) is 3.76. The van der Waals surface area contributed by atoms with Gasteiger partial charge in [-0.3, -0.25) is 4.79 Å². The van der Waals surface area contributed by atoms with E-state index in [-0.39, 0.29) is 5.91 Å². The maximum Gasteiger partial charge on any atom is 0.235 e. The molecule has 0 saturated heterocycles. The predicted molar refractivity (Wildman–Crippen MR) is 96.4 cm³/mol. The molecule has 0 bridgehead atoms. The molecular weight excluding hydrogens is 371 g/mol. The minimum Gasteiger partial charge on any atom is -0.497 e. The second kappa shape index (κ2) is 6.10. The molecule has 1 amide bonds. The number of methoxy groups -OCH3 is 2. The molecule has 0 radical (unpaired) electrons. The number of hydrogen-bond donors (Lipinski definition) is 1. The highest BCUT2D eigenvalue weighted by Crippen LogP contribution is 2.64. The Morgan fingerprint density at radius 2 is 2.04 bits per heavy atom. The van der Waals surface area contributed by atoms with Gasteiger partial charge in [0.1, 0.15) is 15.8 Å². The van der Waals surface area contributed by atoms with E-state index in [0.717, 1.165) is 5.56 Å². The molecule has 1 aliphatic carbocycles.